The number of methoxy groups -OCH3 is 1. The van der Waals surface area contributed by atoms with E-state index in [1.807, 2.05) is 6.20 Å². The first-order valence-electron chi connectivity index (χ1n) is 6.68. The van der Waals surface area contributed by atoms with E-state index in [0.717, 1.165) is 24.7 Å². The van der Waals surface area contributed by atoms with Crippen molar-refractivity contribution in [1.82, 2.24) is 15.3 Å². The second-order valence-electron chi connectivity index (χ2n) is 5.26. The molecule has 2 N–H and O–H groups in total. The van der Waals surface area contributed by atoms with Crippen LogP contribution in [0.4, 0.5) is 0 Å². The van der Waals surface area contributed by atoms with Gasteiger partial charge in [-0.2, -0.15) is 0 Å². The van der Waals surface area contributed by atoms with Gasteiger partial charge in [0.2, 0.25) is 0 Å². The highest BCUT2D eigenvalue weighted by Gasteiger charge is 2.28. The molecule has 17 heavy (non-hydrogen) atoms. The van der Waals surface area contributed by atoms with Crippen LogP contribution in [0.25, 0.3) is 0 Å². The van der Waals surface area contributed by atoms with Crippen LogP contribution >= 0.6 is 0 Å². The van der Waals surface area contributed by atoms with E-state index < -0.39 is 0 Å². The molecule has 0 aromatic carbocycles. The highest BCUT2D eigenvalue weighted by Crippen LogP contribution is 2.34. The number of aromatic nitrogens is 2. The molecule has 94 valence electrons. The smallest absolute Gasteiger partial charge is 0.123 e. The fraction of sp³-hybridized carbons (Fsp3) is 0.769. The minimum Gasteiger partial charge on any atom is -0.380 e. The first-order chi connectivity index (χ1) is 8.36. The van der Waals surface area contributed by atoms with Gasteiger partial charge in [0, 0.05) is 31.5 Å². The summed E-state index contributed by atoms with van der Waals surface area (Å²) in [6, 6.07) is 0.343. The Morgan fingerprint density at radius 1 is 1.35 bits per heavy atom. The molecule has 4 nitrogen and oxygen atoms in total. The number of nitrogens with zero attached hydrogens (tertiary/aromatic N) is 1. The van der Waals surface area contributed by atoms with E-state index in [2.05, 4.69) is 15.3 Å². The second kappa shape index (κ2) is 4.78. The maximum atomic E-state index is 5.37. The molecule has 1 aliphatic heterocycles. The number of rotatable bonds is 3. The number of imidazole rings is 1. The van der Waals surface area contributed by atoms with Crippen LogP contribution in [0.15, 0.2) is 6.20 Å². The van der Waals surface area contributed by atoms with E-state index in [0.29, 0.717) is 12.1 Å². The lowest BCUT2D eigenvalue weighted by atomic mass is 10.1. The lowest BCUT2D eigenvalue weighted by Gasteiger charge is -2.08. The molecule has 4 heteroatoms. The summed E-state index contributed by atoms with van der Waals surface area (Å²) in [5, 5.41) is 3.46. The third-order valence-electron chi connectivity index (χ3n) is 4.16. The molecular formula is C13H21N3O. The zero-order valence-corrected chi connectivity index (χ0v) is 10.4. The van der Waals surface area contributed by atoms with Crippen LogP contribution in [0.1, 0.15) is 55.6 Å². The molecule has 2 heterocycles. The summed E-state index contributed by atoms with van der Waals surface area (Å²) in [5.41, 5.74) is 1.33. The van der Waals surface area contributed by atoms with Crippen molar-refractivity contribution in [2.24, 2.45) is 0 Å². The molecule has 2 unspecified atom stereocenters. The topological polar surface area (TPSA) is 49.9 Å². The molecule has 0 radical (unpaired) electrons. The Kier molecular flexibility index (Phi) is 3.16. The Labute approximate surface area is 102 Å². The van der Waals surface area contributed by atoms with Crippen LogP contribution in [-0.2, 0) is 4.74 Å². The molecule has 0 spiro atoms. The number of hydrogen-bond donors (Lipinski definition) is 2. The quantitative estimate of drug-likeness (QED) is 0.843. The molecule has 1 aromatic heterocycles. The van der Waals surface area contributed by atoms with E-state index >= 15 is 0 Å². The van der Waals surface area contributed by atoms with E-state index in [4.69, 9.17) is 4.74 Å². The predicted molar refractivity (Wildman–Crippen MR) is 66.0 cm³/mol. The van der Waals surface area contributed by atoms with Crippen molar-refractivity contribution in [3.8, 4) is 0 Å². The van der Waals surface area contributed by atoms with Gasteiger partial charge < -0.3 is 15.0 Å². The molecule has 1 aromatic rings. The summed E-state index contributed by atoms with van der Waals surface area (Å²) in [6.07, 6.45) is 8.76. The average molecular weight is 235 g/mol. The summed E-state index contributed by atoms with van der Waals surface area (Å²) in [6.45, 7) is 0.931. The predicted octanol–water partition coefficient (Wildman–Crippen LogP) is 2.12. The summed E-state index contributed by atoms with van der Waals surface area (Å²) in [5.74, 6) is 1.81. The maximum absolute atomic E-state index is 5.37. The Morgan fingerprint density at radius 3 is 2.88 bits per heavy atom. The first-order valence-corrected chi connectivity index (χ1v) is 6.68. The monoisotopic (exact) mass is 235 g/mol. The number of aromatic amines is 1. The fourth-order valence-corrected chi connectivity index (χ4v) is 3.06. The van der Waals surface area contributed by atoms with E-state index in [1.165, 1.54) is 31.4 Å². The van der Waals surface area contributed by atoms with E-state index in [1.54, 1.807) is 7.11 Å². The Bertz CT molecular complexity index is 370. The largest absolute Gasteiger partial charge is 0.380 e. The van der Waals surface area contributed by atoms with Gasteiger partial charge in [-0.05, 0) is 19.3 Å². The maximum Gasteiger partial charge on any atom is 0.123 e. The van der Waals surface area contributed by atoms with Crippen molar-refractivity contribution >= 4 is 0 Å². The van der Waals surface area contributed by atoms with Crippen LogP contribution in [0.3, 0.4) is 0 Å². The number of ether oxygens (including phenoxy) is 1. The number of H-pyrrole nitrogens is 1. The van der Waals surface area contributed by atoms with Crippen molar-refractivity contribution in [1.29, 1.82) is 0 Å². The van der Waals surface area contributed by atoms with Crippen molar-refractivity contribution in [3.63, 3.8) is 0 Å². The Balaban J connectivity index is 1.68. The summed E-state index contributed by atoms with van der Waals surface area (Å²) >= 11 is 0. The lowest BCUT2D eigenvalue weighted by Crippen LogP contribution is -2.16. The molecule has 2 fully saturated rings. The van der Waals surface area contributed by atoms with Crippen LogP contribution in [-0.4, -0.2) is 29.7 Å². The van der Waals surface area contributed by atoms with Gasteiger partial charge in [-0.3, -0.25) is 0 Å². The highest BCUT2D eigenvalue weighted by atomic mass is 16.5. The third kappa shape index (κ3) is 2.24. The zero-order chi connectivity index (χ0) is 11.7. The van der Waals surface area contributed by atoms with Gasteiger partial charge in [0.25, 0.3) is 0 Å². The van der Waals surface area contributed by atoms with E-state index in [-0.39, 0.29) is 0 Å². The van der Waals surface area contributed by atoms with Gasteiger partial charge >= 0.3 is 0 Å². The Hall–Kier alpha value is -0.870. The van der Waals surface area contributed by atoms with Crippen molar-refractivity contribution in [2.45, 2.75) is 50.2 Å². The zero-order valence-electron chi connectivity index (χ0n) is 10.4. The molecule has 1 saturated heterocycles. The molecule has 0 bridgehead atoms. The Morgan fingerprint density at radius 2 is 2.18 bits per heavy atom. The van der Waals surface area contributed by atoms with Crippen LogP contribution in [0.2, 0.25) is 0 Å². The first kappa shape index (κ1) is 11.2. The van der Waals surface area contributed by atoms with Crippen molar-refractivity contribution in [3.05, 3.63) is 17.7 Å². The summed E-state index contributed by atoms with van der Waals surface area (Å²) in [4.78, 5) is 8.05. The van der Waals surface area contributed by atoms with Gasteiger partial charge in [0.15, 0.2) is 0 Å². The van der Waals surface area contributed by atoms with Crippen LogP contribution in [0.5, 0.6) is 0 Å². The molecular weight excluding hydrogens is 214 g/mol. The minimum atomic E-state index is 0.333. The molecule has 2 aliphatic rings. The fourth-order valence-electron chi connectivity index (χ4n) is 3.06. The van der Waals surface area contributed by atoms with Crippen LogP contribution < -0.4 is 5.32 Å². The van der Waals surface area contributed by atoms with Gasteiger partial charge in [-0.1, -0.05) is 12.8 Å². The normalized spacial score (nSPS) is 30.2. The highest BCUT2D eigenvalue weighted by molar-refractivity contribution is 5.12. The van der Waals surface area contributed by atoms with E-state index in [9.17, 15) is 0 Å². The SMILES string of the molecule is COC1CNC(c2ncc(C3CCCC3)[nH]2)C1. The molecule has 1 aliphatic carbocycles. The standard InChI is InChI=1S/C13H21N3O/c1-17-10-6-11(14-7-10)13-15-8-12(16-13)9-4-2-3-5-9/h8-11,14H,2-7H2,1H3,(H,15,16). The average Bonchev–Trinajstić information content (AvgIpc) is 3.09. The van der Waals surface area contributed by atoms with Gasteiger partial charge in [0.05, 0.1) is 12.1 Å². The van der Waals surface area contributed by atoms with Gasteiger partial charge in [-0.25, -0.2) is 4.98 Å². The van der Waals surface area contributed by atoms with Crippen molar-refractivity contribution < 1.29 is 4.74 Å². The van der Waals surface area contributed by atoms with Crippen molar-refractivity contribution in [2.75, 3.05) is 13.7 Å². The molecule has 3 rings (SSSR count). The molecule has 1 saturated carbocycles. The summed E-state index contributed by atoms with van der Waals surface area (Å²) < 4.78 is 5.37. The third-order valence-corrected chi connectivity index (χ3v) is 4.16. The number of nitrogens with one attached hydrogen (secondary N) is 2. The lowest BCUT2D eigenvalue weighted by molar-refractivity contribution is 0.117. The minimum absolute atomic E-state index is 0.333. The van der Waals surface area contributed by atoms with Gasteiger partial charge in [-0.15, -0.1) is 0 Å². The second-order valence-corrected chi connectivity index (χ2v) is 5.26. The molecule has 2 atom stereocenters. The molecule has 0 amide bonds. The van der Waals surface area contributed by atoms with Gasteiger partial charge in [0.1, 0.15) is 5.82 Å². The van der Waals surface area contributed by atoms with Crippen LogP contribution in [0, 0.1) is 0 Å². The number of hydrogen-bond acceptors (Lipinski definition) is 3. The summed E-state index contributed by atoms with van der Waals surface area (Å²) in [7, 11) is 1.78.